The fourth-order valence-electron chi connectivity index (χ4n) is 2.98. The molecule has 6 heteroatoms. The first kappa shape index (κ1) is 20.0. The quantitative estimate of drug-likeness (QED) is 0.643. The monoisotopic (exact) mass is 397 g/mol. The highest BCUT2D eigenvalue weighted by molar-refractivity contribution is 8.04. The van der Waals surface area contributed by atoms with Gasteiger partial charge in [0.2, 0.25) is 0 Å². The number of imide groups is 1. The van der Waals surface area contributed by atoms with Gasteiger partial charge in [0.25, 0.3) is 11.8 Å². The fraction of sp³-hybridized carbons (Fsp3) is 0.273. The molecule has 28 heavy (non-hydrogen) atoms. The van der Waals surface area contributed by atoms with Gasteiger partial charge in [-0.25, -0.2) is 4.90 Å². The molecule has 0 unspecified atom stereocenters. The lowest BCUT2D eigenvalue weighted by molar-refractivity contribution is -0.119. The third-order valence-corrected chi connectivity index (χ3v) is 5.13. The number of carbonyl (C=O) groups is 2. The predicted octanol–water partition coefficient (Wildman–Crippen LogP) is 4.52. The van der Waals surface area contributed by atoms with E-state index < -0.39 is 0 Å². The summed E-state index contributed by atoms with van der Waals surface area (Å²) in [7, 11) is 1.59. The summed E-state index contributed by atoms with van der Waals surface area (Å²) in [6, 6.07) is 14.2. The van der Waals surface area contributed by atoms with Crippen LogP contribution in [0.25, 0.3) is 5.57 Å². The van der Waals surface area contributed by atoms with Gasteiger partial charge in [0, 0.05) is 0 Å². The fourth-order valence-corrected chi connectivity index (χ4v) is 3.83. The van der Waals surface area contributed by atoms with Crippen molar-refractivity contribution in [2.75, 3.05) is 17.8 Å². The Morgan fingerprint density at radius 3 is 2.07 bits per heavy atom. The zero-order valence-corrected chi connectivity index (χ0v) is 17.2. The summed E-state index contributed by atoms with van der Waals surface area (Å²) in [6.45, 7) is 5.85. The minimum Gasteiger partial charge on any atom is -0.497 e. The number of thioether (sulfide) groups is 1. The number of hydrogen-bond acceptors (Lipinski definition) is 5. The van der Waals surface area contributed by atoms with Crippen molar-refractivity contribution < 1.29 is 19.1 Å². The SMILES string of the molecule is CCSC1=C(c2ccc(OC)cc2)C(=O)N(c2ccc(OC(C)C)cc2)C1=O. The number of hydrogen-bond donors (Lipinski definition) is 0. The molecule has 0 aliphatic carbocycles. The van der Waals surface area contributed by atoms with Gasteiger partial charge in [0.15, 0.2) is 0 Å². The molecule has 2 aromatic carbocycles. The van der Waals surface area contributed by atoms with Crippen LogP contribution in [-0.2, 0) is 9.59 Å². The molecule has 0 spiro atoms. The minimum absolute atomic E-state index is 0.0526. The smallest absolute Gasteiger partial charge is 0.272 e. The summed E-state index contributed by atoms with van der Waals surface area (Å²) in [4.78, 5) is 27.9. The standard InChI is InChI=1S/C22H23NO4S/c1-5-28-20-19(15-6-10-17(26-4)11-7-15)21(24)23(22(20)25)16-8-12-18(13-9-16)27-14(2)3/h6-14H,5H2,1-4H3. The molecule has 0 bridgehead atoms. The molecule has 1 heterocycles. The molecule has 3 rings (SSSR count). The van der Waals surface area contributed by atoms with E-state index in [1.165, 1.54) is 16.7 Å². The number of rotatable bonds is 7. The molecular formula is C22H23NO4S. The maximum absolute atomic E-state index is 13.2. The molecule has 146 valence electrons. The Balaban J connectivity index is 1.96. The second kappa shape index (κ2) is 8.52. The Kier molecular flexibility index (Phi) is 6.09. The highest BCUT2D eigenvalue weighted by Gasteiger charge is 2.39. The van der Waals surface area contributed by atoms with Crippen molar-refractivity contribution in [3.05, 3.63) is 59.0 Å². The first-order valence-corrected chi connectivity index (χ1v) is 10.1. The highest BCUT2D eigenvalue weighted by atomic mass is 32.2. The maximum atomic E-state index is 13.2. The lowest BCUT2D eigenvalue weighted by atomic mass is 10.1. The largest absolute Gasteiger partial charge is 0.497 e. The summed E-state index contributed by atoms with van der Waals surface area (Å²) in [5, 5.41) is 0. The molecule has 0 radical (unpaired) electrons. The third kappa shape index (κ3) is 3.92. The van der Waals surface area contributed by atoms with Gasteiger partial charge >= 0.3 is 0 Å². The summed E-state index contributed by atoms with van der Waals surface area (Å²) < 4.78 is 10.8. The Bertz CT molecular complexity index is 901. The predicted molar refractivity (Wildman–Crippen MR) is 113 cm³/mol. The normalized spacial score (nSPS) is 14.2. The molecule has 1 aliphatic heterocycles. The molecule has 0 saturated heterocycles. The summed E-state index contributed by atoms with van der Waals surface area (Å²) in [6.07, 6.45) is 0.0526. The minimum atomic E-state index is -0.316. The molecule has 2 amide bonds. The maximum Gasteiger partial charge on any atom is 0.272 e. The van der Waals surface area contributed by atoms with Gasteiger partial charge in [-0.2, -0.15) is 0 Å². The van der Waals surface area contributed by atoms with Crippen LogP contribution in [0.4, 0.5) is 5.69 Å². The van der Waals surface area contributed by atoms with Crippen LogP contribution in [0.3, 0.4) is 0 Å². The van der Waals surface area contributed by atoms with E-state index in [9.17, 15) is 9.59 Å². The lowest BCUT2D eigenvalue weighted by Gasteiger charge is -2.16. The summed E-state index contributed by atoms with van der Waals surface area (Å²) in [5.74, 6) is 1.49. The van der Waals surface area contributed by atoms with Crippen molar-refractivity contribution in [3.63, 3.8) is 0 Å². The van der Waals surface area contributed by atoms with Crippen LogP contribution in [0.5, 0.6) is 11.5 Å². The van der Waals surface area contributed by atoms with E-state index in [2.05, 4.69) is 0 Å². The Labute approximate surface area is 169 Å². The number of benzene rings is 2. The van der Waals surface area contributed by atoms with Crippen LogP contribution < -0.4 is 14.4 Å². The molecule has 0 N–H and O–H groups in total. The lowest BCUT2D eigenvalue weighted by Crippen LogP contribution is -2.31. The van der Waals surface area contributed by atoms with Crippen LogP contribution in [0.15, 0.2) is 53.4 Å². The van der Waals surface area contributed by atoms with Crippen LogP contribution in [0.2, 0.25) is 0 Å². The van der Waals surface area contributed by atoms with Gasteiger partial charge in [-0.05, 0) is 61.6 Å². The van der Waals surface area contributed by atoms with Crippen molar-refractivity contribution in [1.29, 1.82) is 0 Å². The summed E-state index contributed by atoms with van der Waals surface area (Å²) >= 11 is 1.39. The number of nitrogens with zero attached hydrogens (tertiary/aromatic N) is 1. The van der Waals surface area contributed by atoms with Crippen LogP contribution in [0, 0.1) is 0 Å². The van der Waals surface area contributed by atoms with Gasteiger partial charge in [-0.3, -0.25) is 9.59 Å². The van der Waals surface area contributed by atoms with Crippen molar-refractivity contribution >= 4 is 34.8 Å². The van der Waals surface area contributed by atoms with Crippen LogP contribution in [-0.4, -0.2) is 30.8 Å². The number of methoxy groups -OCH3 is 1. The van der Waals surface area contributed by atoms with Crippen LogP contribution >= 0.6 is 11.8 Å². The molecule has 2 aromatic rings. The molecular weight excluding hydrogens is 374 g/mol. The third-order valence-electron chi connectivity index (χ3n) is 4.18. The Morgan fingerprint density at radius 1 is 0.929 bits per heavy atom. The van der Waals surface area contributed by atoms with Gasteiger partial charge in [0.05, 0.1) is 29.4 Å². The molecule has 0 saturated carbocycles. The Morgan fingerprint density at radius 2 is 1.54 bits per heavy atom. The van der Waals surface area contributed by atoms with E-state index in [1.54, 1.807) is 55.6 Å². The Hall–Kier alpha value is -2.73. The van der Waals surface area contributed by atoms with Gasteiger partial charge in [-0.15, -0.1) is 11.8 Å². The molecule has 0 fully saturated rings. The zero-order valence-electron chi connectivity index (χ0n) is 16.4. The van der Waals surface area contributed by atoms with Crippen molar-refractivity contribution in [3.8, 4) is 11.5 Å². The van der Waals surface area contributed by atoms with Gasteiger partial charge < -0.3 is 9.47 Å². The molecule has 5 nitrogen and oxygen atoms in total. The van der Waals surface area contributed by atoms with Gasteiger partial charge in [-0.1, -0.05) is 19.1 Å². The highest BCUT2D eigenvalue weighted by Crippen LogP contribution is 2.39. The van der Waals surface area contributed by atoms with Crippen molar-refractivity contribution in [1.82, 2.24) is 0 Å². The molecule has 1 aliphatic rings. The van der Waals surface area contributed by atoms with E-state index in [-0.39, 0.29) is 17.9 Å². The summed E-state index contributed by atoms with van der Waals surface area (Å²) in [5.41, 5.74) is 1.67. The van der Waals surface area contributed by atoms with Crippen molar-refractivity contribution in [2.45, 2.75) is 26.9 Å². The molecule has 0 aromatic heterocycles. The second-order valence-electron chi connectivity index (χ2n) is 6.47. The number of carbonyl (C=O) groups excluding carboxylic acids is 2. The van der Waals surface area contributed by atoms with Crippen LogP contribution in [0.1, 0.15) is 26.3 Å². The molecule has 0 atom stereocenters. The van der Waals surface area contributed by atoms with E-state index in [4.69, 9.17) is 9.47 Å². The van der Waals surface area contributed by atoms with E-state index in [1.807, 2.05) is 20.8 Å². The average Bonchev–Trinajstić information content (AvgIpc) is 2.92. The zero-order chi connectivity index (χ0) is 20.3. The van der Waals surface area contributed by atoms with Crippen molar-refractivity contribution in [2.24, 2.45) is 0 Å². The first-order chi connectivity index (χ1) is 13.5. The van der Waals surface area contributed by atoms with E-state index >= 15 is 0 Å². The van der Waals surface area contributed by atoms with E-state index in [0.717, 1.165) is 0 Å². The first-order valence-electron chi connectivity index (χ1n) is 9.13. The number of ether oxygens (including phenoxy) is 2. The second-order valence-corrected chi connectivity index (χ2v) is 7.75. The number of amides is 2. The van der Waals surface area contributed by atoms with E-state index in [0.29, 0.717) is 39.0 Å². The number of anilines is 1. The average molecular weight is 397 g/mol. The topological polar surface area (TPSA) is 55.8 Å². The van der Waals surface area contributed by atoms with Gasteiger partial charge in [0.1, 0.15) is 11.5 Å².